The summed E-state index contributed by atoms with van der Waals surface area (Å²) in [5.74, 6) is -2.15. The SMILES string of the molecule is C[C@@H](NC(=O)CCn1cnc2sc3c(c2c1=O)CCCC3)c1ccc(F)c(F)c1. The van der Waals surface area contributed by atoms with E-state index in [0.717, 1.165) is 48.2 Å². The fourth-order valence-corrected chi connectivity index (χ4v) is 4.96. The van der Waals surface area contributed by atoms with Crippen LogP contribution in [0.3, 0.4) is 0 Å². The number of amides is 1. The molecule has 0 aliphatic heterocycles. The second kappa shape index (κ2) is 8.02. The van der Waals surface area contributed by atoms with Crippen molar-refractivity contribution in [3.63, 3.8) is 0 Å². The van der Waals surface area contributed by atoms with Gasteiger partial charge in [-0.15, -0.1) is 11.3 Å². The summed E-state index contributed by atoms with van der Waals surface area (Å²) in [6.07, 6.45) is 5.72. The van der Waals surface area contributed by atoms with Crippen LogP contribution in [-0.4, -0.2) is 15.5 Å². The summed E-state index contributed by atoms with van der Waals surface area (Å²) in [5, 5.41) is 3.45. The molecular weight excluding hydrogens is 396 g/mol. The Labute approximate surface area is 170 Å². The largest absolute Gasteiger partial charge is 0.350 e. The van der Waals surface area contributed by atoms with E-state index in [-0.39, 0.29) is 24.4 Å². The lowest BCUT2D eigenvalue weighted by Gasteiger charge is -2.15. The van der Waals surface area contributed by atoms with E-state index < -0.39 is 17.7 Å². The third kappa shape index (κ3) is 3.94. The van der Waals surface area contributed by atoms with Crippen molar-refractivity contribution in [2.45, 2.75) is 51.6 Å². The van der Waals surface area contributed by atoms with E-state index in [9.17, 15) is 18.4 Å². The summed E-state index contributed by atoms with van der Waals surface area (Å²) >= 11 is 1.59. The number of thiophene rings is 1. The summed E-state index contributed by atoms with van der Waals surface area (Å²) in [4.78, 5) is 31.7. The average Bonchev–Trinajstić information content (AvgIpc) is 3.08. The third-order valence-electron chi connectivity index (χ3n) is 5.34. The quantitative estimate of drug-likeness (QED) is 0.685. The zero-order valence-electron chi connectivity index (χ0n) is 16.0. The number of carbonyl (C=O) groups excluding carboxylic acids is 1. The van der Waals surface area contributed by atoms with Crippen molar-refractivity contribution in [1.82, 2.24) is 14.9 Å². The van der Waals surface area contributed by atoms with Gasteiger partial charge in [-0.05, 0) is 55.9 Å². The first-order valence-electron chi connectivity index (χ1n) is 9.68. The predicted molar refractivity (Wildman–Crippen MR) is 108 cm³/mol. The monoisotopic (exact) mass is 417 g/mol. The second-order valence-corrected chi connectivity index (χ2v) is 8.43. The van der Waals surface area contributed by atoms with Crippen molar-refractivity contribution < 1.29 is 13.6 Å². The first-order chi connectivity index (χ1) is 13.9. The van der Waals surface area contributed by atoms with Gasteiger partial charge in [0.1, 0.15) is 4.83 Å². The number of halogens is 2. The van der Waals surface area contributed by atoms with Gasteiger partial charge >= 0.3 is 0 Å². The summed E-state index contributed by atoms with van der Waals surface area (Å²) in [6, 6.07) is 3.07. The zero-order valence-corrected chi connectivity index (χ0v) is 16.8. The van der Waals surface area contributed by atoms with Crippen molar-refractivity contribution >= 4 is 27.5 Å². The Bertz CT molecular complexity index is 1140. The summed E-state index contributed by atoms with van der Waals surface area (Å²) < 4.78 is 27.9. The van der Waals surface area contributed by atoms with Gasteiger partial charge in [0.05, 0.1) is 17.8 Å². The number of nitrogens with one attached hydrogen (secondary N) is 1. The summed E-state index contributed by atoms with van der Waals surface area (Å²) in [5.41, 5.74) is 1.50. The van der Waals surface area contributed by atoms with Gasteiger partial charge < -0.3 is 5.32 Å². The van der Waals surface area contributed by atoms with Gasteiger partial charge in [0.2, 0.25) is 5.91 Å². The number of fused-ring (bicyclic) bond motifs is 3. The molecule has 5 nitrogen and oxygen atoms in total. The lowest BCUT2D eigenvalue weighted by molar-refractivity contribution is -0.121. The third-order valence-corrected chi connectivity index (χ3v) is 6.54. The Kier molecular flexibility index (Phi) is 5.45. The Morgan fingerprint density at radius 2 is 2.07 bits per heavy atom. The minimum absolute atomic E-state index is 0.0907. The Morgan fingerprint density at radius 3 is 2.86 bits per heavy atom. The van der Waals surface area contributed by atoms with Crippen LogP contribution >= 0.6 is 11.3 Å². The zero-order chi connectivity index (χ0) is 20.5. The van der Waals surface area contributed by atoms with Gasteiger partial charge in [0.15, 0.2) is 11.6 Å². The molecule has 1 amide bonds. The molecule has 3 aromatic rings. The van der Waals surface area contributed by atoms with Crippen LogP contribution in [-0.2, 0) is 24.2 Å². The van der Waals surface area contributed by atoms with Crippen LogP contribution in [0.2, 0.25) is 0 Å². The van der Waals surface area contributed by atoms with Crippen LogP contribution in [0.5, 0.6) is 0 Å². The first-order valence-corrected chi connectivity index (χ1v) is 10.5. The smallest absolute Gasteiger partial charge is 0.262 e. The molecule has 29 heavy (non-hydrogen) atoms. The molecule has 4 rings (SSSR count). The number of carbonyl (C=O) groups is 1. The molecule has 0 fully saturated rings. The first kappa shape index (κ1) is 19.7. The highest BCUT2D eigenvalue weighted by Gasteiger charge is 2.20. The molecule has 1 aliphatic rings. The van der Waals surface area contributed by atoms with E-state index in [1.165, 1.54) is 21.8 Å². The van der Waals surface area contributed by atoms with E-state index in [2.05, 4.69) is 10.3 Å². The van der Waals surface area contributed by atoms with Crippen LogP contribution in [0, 0.1) is 11.6 Å². The van der Waals surface area contributed by atoms with Gasteiger partial charge in [-0.2, -0.15) is 0 Å². The normalized spacial score (nSPS) is 14.6. The molecule has 1 aromatic carbocycles. The molecule has 0 radical (unpaired) electrons. The molecule has 0 unspecified atom stereocenters. The van der Waals surface area contributed by atoms with Crippen LogP contribution in [0.25, 0.3) is 10.2 Å². The maximum atomic E-state index is 13.4. The average molecular weight is 417 g/mol. The molecule has 0 saturated heterocycles. The number of rotatable bonds is 5. The fourth-order valence-electron chi connectivity index (χ4n) is 3.74. The molecule has 0 spiro atoms. The van der Waals surface area contributed by atoms with Crippen molar-refractivity contribution in [2.24, 2.45) is 0 Å². The van der Waals surface area contributed by atoms with Gasteiger partial charge in [-0.25, -0.2) is 13.8 Å². The van der Waals surface area contributed by atoms with Gasteiger partial charge in [-0.1, -0.05) is 6.07 Å². The molecule has 1 N–H and O–H groups in total. The van der Waals surface area contributed by atoms with E-state index in [4.69, 9.17) is 0 Å². The highest BCUT2D eigenvalue weighted by Crippen LogP contribution is 2.33. The second-order valence-electron chi connectivity index (χ2n) is 7.35. The minimum atomic E-state index is -0.950. The van der Waals surface area contributed by atoms with Crippen molar-refractivity contribution in [3.05, 3.63) is 62.5 Å². The van der Waals surface area contributed by atoms with E-state index in [1.54, 1.807) is 18.3 Å². The molecular formula is C21H21F2N3O2S. The Hall–Kier alpha value is -2.61. The maximum Gasteiger partial charge on any atom is 0.262 e. The number of benzene rings is 1. The molecule has 1 atom stereocenters. The molecule has 2 aromatic heterocycles. The highest BCUT2D eigenvalue weighted by molar-refractivity contribution is 7.18. The topological polar surface area (TPSA) is 64.0 Å². The maximum absolute atomic E-state index is 13.4. The Morgan fingerprint density at radius 1 is 1.28 bits per heavy atom. The lowest BCUT2D eigenvalue weighted by Crippen LogP contribution is -2.29. The number of hydrogen-bond acceptors (Lipinski definition) is 4. The van der Waals surface area contributed by atoms with Gasteiger partial charge in [-0.3, -0.25) is 14.2 Å². The molecule has 8 heteroatoms. The molecule has 2 heterocycles. The predicted octanol–water partition coefficient (Wildman–Crippen LogP) is 3.88. The van der Waals surface area contributed by atoms with Crippen molar-refractivity contribution in [3.8, 4) is 0 Å². The highest BCUT2D eigenvalue weighted by atomic mass is 32.1. The molecule has 0 bridgehead atoms. The summed E-state index contributed by atoms with van der Waals surface area (Å²) in [7, 11) is 0. The number of hydrogen-bond donors (Lipinski definition) is 1. The van der Waals surface area contributed by atoms with Crippen LogP contribution in [0.1, 0.15) is 48.2 Å². The van der Waals surface area contributed by atoms with Crippen molar-refractivity contribution in [1.29, 1.82) is 0 Å². The number of aryl methyl sites for hydroxylation is 3. The number of aromatic nitrogens is 2. The standard InChI is InChI=1S/C21H21F2N3O2S/c1-12(13-6-7-15(22)16(23)10-13)25-18(27)8-9-26-11-24-20-19(21(26)28)14-4-2-3-5-17(14)29-20/h6-7,10-12H,2-5,8-9H2,1H3,(H,25,27)/t12-/m1/s1. The van der Waals surface area contributed by atoms with E-state index >= 15 is 0 Å². The molecule has 152 valence electrons. The van der Waals surface area contributed by atoms with Crippen LogP contribution < -0.4 is 10.9 Å². The Balaban J connectivity index is 1.45. The van der Waals surface area contributed by atoms with Crippen molar-refractivity contribution in [2.75, 3.05) is 0 Å². The van der Waals surface area contributed by atoms with Crippen LogP contribution in [0.15, 0.2) is 29.3 Å². The van der Waals surface area contributed by atoms with E-state index in [0.29, 0.717) is 10.9 Å². The molecule has 0 saturated carbocycles. The fraction of sp³-hybridized carbons (Fsp3) is 0.381. The lowest BCUT2D eigenvalue weighted by atomic mass is 9.97. The van der Waals surface area contributed by atoms with Gasteiger partial charge in [0, 0.05) is 17.8 Å². The number of nitrogens with zero attached hydrogens (tertiary/aromatic N) is 2. The summed E-state index contributed by atoms with van der Waals surface area (Å²) in [6.45, 7) is 1.91. The van der Waals surface area contributed by atoms with Crippen LogP contribution in [0.4, 0.5) is 8.78 Å². The minimum Gasteiger partial charge on any atom is -0.350 e. The van der Waals surface area contributed by atoms with Gasteiger partial charge in [0.25, 0.3) is 5.56 Å². The molecule has 1 aliphatic carbocycles. The van der Waals surface area contributed by atoms with E-state index in [1.807, 2.05) is 0 Å².